The van der Waals surface area contributed by atoms with Gasteiger partial charge in [0.05, 0.1) is 6.61 Å². The second-order valence-corrected chi connectivity index (χ2v) is 8.39. The van der Waals surface area contributed by atoms with Crippen LogP contribution in [0.4, 0.5) is 0 Å². The first-order valence-electron chi connectivity index (χ1n) is 10.8. The van der Waals surface area contributed by atoms with Crippen molar-refractivity contribution in [1.29, 1.82) is 0 Å². The van der Waals surface area contributed by atoms with Gasteiger partial charge in [-0.2, -0.15) is 4.98 Å². The summed E-state index contributed by atoms with van der Waals surface area (Å²) in [7, 11) is 1.69. The fourth-order valence-electron chi connectivity index (χ4n) is 4.14. The fraction of sp³-hybridized carbons (Fsp3) is 0.231. The number of nitrogens with zero attached hydrogens (tertiary/aromatic N) is 2. The van der Waals surface area contributed by atoms with Crippen molar-refractivity contribution in [3.05, 3.63) is 83.8 Å². The number of carbonyl (C=O) groups excluding carboxylic acids is 1. The normalized spacial score (nSPS) is 17.6. The molecule has 1 amide bonds. The quantitative estimate of drug-likeness (QED) is 0.522. The summed E-state index contributed by atoms with van der Waals surface area (Å²) in [5.74, 6) is -0.855. The number of rotatable bonds is 8. The van der Waals surface area contributed by atoms with Crippen LogP contribution in [0.15, 0.2) is 71.3 Å². The van der Waals surface area contributed by atoms with E-state index in [4.69, 9.17) is 14.4 Å². The summed E-state index contributed by atoms with van der Waals surface area (Å²) >= 11 is 0. The molecule has 8 heteroatoms. The molecule has 2 N–H and O–H groups in total. The van der Waals surface area contributed by atoms with Crippen molar-refractivity contribution in [3.8, 4) is 11.4 Å². The predicted molar refractivity (Wildman–Crippen MR) is 127 cm³/mol. The second kappa shape index (κ2) is 9.84. The lowest BCUT2D eigenvalue weighted by Crippen LogP contribution is -2.29. The van der Waals surface area contributed by atoms with Crippen molar-refractivity contribution in [2.45, 2.75) is 13.3 Å². The van der Waals surface area contributed by atoms with Crippen LogP contribution in [0.5, 0.6) is 0 Å². The van der Waals surface area contributed by atoms with Crippen LogP contribution in [-0.2, 0) is 9.53 Å². The number of ether oxygens (including phenoxy) is 1. The average Bonchev–Trinajstić information content (AvgIpc) is 3.33. The molecule has 174 valence electrons. The first-order valence-corrected chi connectivity index (χ1v) is 10.8. The molecular formula is C26H25N3O5. The number of amides is 1. The van der Waals surface area contributed by atoms with Crippen LogP contribution >= 0.6 is 0 Å². The molecule has 4 rings (SSSR count). The first-order chi connectivity index (χ1) is 16.4. The molecule has 0 radical (unpaired) electrons. The van der Waals surface area contributed by atoms with Gasteiger partial charge in [-0.15, -0.1) is 0 Å². The van der Waals surface area contributed by atoms with Gasteiger partial charge >= 0.3 is 5.97 Å². The maximum absolute atomic E-state index is 12.2. The third-order valence-electron chi connectivity index (χ3n) is 5.71. The van der Waals surface area contributed by atoms with Gasteiger partial charge in [0.15, 0.2) is 0 Å². The van der Waals surface area contributed by atoms with E-state index in [1.165, 1.54) is 5.57 Å². The third kappa shape index (κ3) is 4.97. The summed E-state index contributed by atoms with van der Waals surface area (Å²) in [6, 6.07) is 16.8. The molecule has 2 aromatic carbocycles. The number of aromatic nitrogens is 2. The highest BCUT2D eigenvalue weighted by atomic mass is 16.5. The van der Waals surface area contributed by atoms with E-state index in [2.05, 4.69) is 40.6 Å². The number of hydrogen-bond acceptors (Lipinski definition) is 6. The maximum atomic E-state index is 12.2. The Morgan fingerprint density at radius 1 is 1.12 bits per heavy atom. The summed E-state index contributed by atoms with van der Waals surface area (Å²) in [4.78, 5) is 27.5. The fourth-order valence-corrected chi connectivity index (χ4v) is 4.14. The van der Waals surface area contributed by atoms with Crippen LogP contribution in [0.25, 0.3) is 22.5 Å². The second-order valence-electron chi connectivity index (χ2n) is 8.39. The van der Waals surface area contributed by atoms with Crippen LogP contribution in [0.3, 0.4) is 0 Å². The minimum Gasteiger partial charge on any atom is -0.480 e. The lowest BCUT2D eigenvalue weighted by atomic mass is 9.71. The SMILES string of the molecule is COCC1(C)CC(c2nc(-c3cccc(C(=O)NCC(=O)O)c3)no2)=CC=C1c1ccccc1. The minimum absolute atomic E-state index is 0.281. The number of carboxylic acids is 1. The lowest BCUT2D eigenvalue weighted by molar-refractivity contribution is -0.135. The van der Waals surface area contributed by atoms with Crippen molar-refractivity contribution < 1.29 is 24.0 Å². The molecule has 1 atom stereocenters. The largest absolute Gasteiger partial charge is 0.480 e. The number of hydrogen-bond donors (Lipinski definition) is 2. The zero-order valence-electron chi connectivity index (χ0n) is 18.9. The minimum atomic E-state index is -1.11. The summed E-state index contributed by atoms with van der Waals surface area (Å²) in [6.07, 6.45) is 4.72. The Kier molecular flexibility index (Phi) is 6.70. The third-order valence-corrected chi connectivity index (χ3v) is 5.71. The molecular weight excluding hydrogens is 434 g/mol. The van der Waals surface area contributed by atoms with E-state index in [-0.39, 0.29) is 5.41 Å². The van der Waals surface area contributed by atoms with Gasteiger partial charge in [0.25, 0.3) is 11.8 Å². The monoisotopic (exact) mass is 459 g/mol. The van der Waals surface area contributed by atoms with Gasteiger partial charge < -0.3 is 19.7 Å². The van der Waals surface area contributed by atoms with Gasteiger partial charge in [-0.1, -0.05) is 66.7 Å². The highest BCUT2D eigenvalue weighted by Crippen LogP contribution is 2.45. The van der Waals surface area contributed by atoms with E-state index >= 15 is 0 Å². The number of aliphatic carboxylic acids is 1. The molecule has 0 saturated heterocycles. The number of carbonyl (C=O) groups is 2. The molecule has 0 fully saturated rings. The van der Waals surface area contributed by atoms with Crippen LogP contribution in [0.1, 0.15) is 35.2 Å². The van der Waals surface area contributed by atoms with Crippen molar-refractivity contribution in [1.82, 2.24) is 15.5 Å². The lowest BCUT2D eigenvalue weighted by Gasteiger charge is -2.34. The number of methoxy groups -OCH3 is 1. The molecule has 8 nitrogen and oxygen atoms in total. The van der Waals surface area contributed by atoms with Crippen LogP contribution < -0.4 is 5.32 Å². The van der Waals surface area contributed by atoms with E-state index < -0.39 is 18.4 Å². The molecule has 1 heterocycles. The maximum Gasteiger partial charge on any atom is 0.322 e. The van der Waals surface area contributed by atoms with E-state index in [0.717, 1.165) is 11.1 Å². The zero-order valence-corrected chi connectivity index (χ0v) is 18.9. The molecule has 1 unspecified atom stereocenters. The zero-order chi connectivity index (χ0) is 24.1. The van der Waals surface area contributed by atoms with Crippen molar-refractivity contribution in [2.75, 3.05) is 20.3 Å². The molecule has 1 aliphatic rings. The number of nitrogens with one attached hydrogen (secondary N) is 1. The van der Waals surface area contributed by atoms with Crippen LogP contribution in [-0.4, -0.2) is 47.4 Å². The van der Waals surface area contributed by atoms with Crippen molar-refractivity contribution in [3.63, 3.8) is 0 Å². The molecule has 0 aliphatic heterocycles. The van der Waals surface area contributed by atoms with Gasteiger partial charge in [0, 0.05) is 29.2 Å². The summed E-state index contributed by atoms with van der Waals surface area (Å²) in [6.45, 7) is 2.22. The number of carboxylic acid groups (broad SMARTS) is 1. The highest BCUT2D eigenvalue weighted by molar-refractivity contribution is 5.96. The van der Waals surface area contributed by atoms with Gasteiger partial charge in [-0.25, -0.2) is 0 Å². The smallest absolute Gasteiger partial charge is 0.322 e. The Morgan fingerprint density at radius 3 is 2.62 bits per heavy atom. The highest BCUT2D eigenvalue weighted by Gasteiger charge is 2.35. The number of allylic oxidation sites excluding steroid dienone is 3. The molecule has 0 spiro atoms. The Morgan fingerprint density at radius 2 is 1.88 bits per heavy atom. The van der Waals surface area contributed by atoms with E-state index in [0.29, 0.717) is 35.9 Å². The Labute approximate surface area is 197 Å². The molecule has 3 aromatic rings. The summed E-state index contributed by atoms with van der Waals surface area (Å²) < 4.78 is 11.1. The van der Waals surface area contributed by atoms with Crippen LogP contribution in [0.2, 0.25) is 0 Å². The molecule has 34 heavy (non-hydrogen) atoms. The van der Waals surface area contributed by atoms with E-state index in [1.54, 1.807) is 31.4 Å². The predicted octanol–water partition coefficient (Wildman–Crippen LogP) is 4.07. The Hall–Kier alpha value is -4.04. The summed E-state index contributed by atoms with van der Waals surface area (Å²) in [5, 5.41) is 15.2. The average molecular weight is 460 g/mol. The van der Waals surface area contributed by atoms with Gasteiger partial charge in [-0.05, 0) is 29.7 Å². The molecule has 1 aliphatic carbocycles. The van der Waals surface area contributed by atoms with E-state index in [9.17, 15) is 9.59 Å². The van der Waals surface area contributed by atoms with Crippen molar-refractivity contribution in [2.24, 2.45) is 5.41 Å². The van der Waals surface area contributed by atoms with Crippen molar-refractivity contribution >= 4 is 23.0 Å². The van der Waals surface area contributed by atoms with E-state index in [1.807, 2.05) is 24.3 Å². The molecule has 1 aromatic heterocycles. The van der Waals surface area contributed by atoms with Gasteiger partial charge in [0.2, 0.25) is 5.82 Å². The number of benzene rings is 2. The first kappa shape index (κ1) is 23.1. The topological polar surface area (TPSA) is 115 Å². The van der Waals surface area contributed by atoms with Gasteiger partial charge in [-0.3, -0.25) is 9.59 Å². The molecule has 0 bridgehead atoms. The summed E-state index contributed by atoms with van der Waals surface area (Å²) in [5.41, 5.74) is 3.84. The molecule has 0 saturated carbocycles. The van der Waals surface area contributed by atoms with Gasteiger partial charge in [0.1, 0.15) is 6.54 Å². The van der Waals surface area contributed by atoms with Crippen LogP contribution in [0, 0.1) is 5.41 Å². The Bertz CT molecular complexity index is 1260. The standard InChI is InChI=1S/C26H25N3O5/c1-26(16-33-2)14-20(11-12-21(26)17-7-4-3-5-8-17)25-28-23(29-34-25)18-9-6-10-19(13-18)24(32)27-15-22(30)31/h3-13H,14-16H2,1-2H3,(H,27,32)(H,30,31). The Balaban J connectivity index is 1.60.